The van der Waals surface area contributed by atoms with Crippen molar-refractivity contribution in [2.45, 2.75) is 18.7 Å². The molecule has 1 amide bonds. The second-order valence-electron chi connectivity index (χ2n) is 4.10. The summed E-state index contributed by atoms with van der Waals surface area (Å²) in [6, 6.07) is 0. The highest BCUT2D eigenvalue weighted by Crippen LogP contribution is 2.28. The lowest BCUT2D eigenvalue weighted by Crippen LogP contribution is -2.38. The van der Waals surface area contributed by atoms with Crippen LogP contribution in [0.15, 0.2) is 10.3 Å². The third kappa shape index (κ3) is 3.35. The number of thiophene rings is 1. The maximum Gasteiger partial charge on any atom is 0.347 e. The molecule has 0 aliphatic heterocycles. The number of nitrogens with zero attached hydrogens (tertiary/aromatic N) is 1. The van der Waals surface area contributed by atoms with E-state index in [9.17, 15) is 18.0 Å². The van der Waals surface area contributed by atoms with Crippen LogP contribution < -0.4 is 5.32 Å². The highest BCUT2D eigenvalue weighted by atomic mass is 32.2. The molecule has 1 rings (SSSR count). The first kappa shape index (κ1) is 16.6. The number of carbonyl (C=O) groups excluding carboxylic acids is 1. The summed E-state index contributed by atoms with van der Waals surface area (Å²) in [5.74, 6) is -1.74. The zero-order valence-corrected chi connectivity index (χ0v) is 13.0. The summed E-state index contributed by atoms with van der Waals surface area (Å²) < 4.78 is 25.6. The Bertz CT molecular complexity index is 621. The number of nitrogens with one attached hydrogen (secondary N) is 1. The Labute approximate surface area is 121 Å². The molecule has 0 fully saturated rings. The molecule has 0 aromatic carbocycles. The predicted octanol–water partition coefficient (Wildman–Crippen LogP) is 0.511. The molecule has 0 radical (unpaired) electrons. The number of sulfonamides is 1. The molecule has 0 saturated carbocycles. The van der Waals surface area contributed by atoms with Gasteiger partial charge in [-0.05, 0) is 24.8 Å². The summed E-state index contributed by atoms with van der Waals surface area (Å²) in [6.07, 6.45) is 0. The van der Waals surface area contributed by atoms with E-state index in [0.717, 1.165) is 15.6 Å². The van der Waals surface area contributed by atoms with Crippen LogP contribution in [0, 0.1) is 6.92 Å². The Morgan fingerprint density at radius 2 is 2.05 bits per heavy atom. The van der Waals surface area contributed by atoms with Crippen molar-refractivity contribution < 1.29 is 23.1 Å². The van der Waals surface area contributed by atoms with Gasteiger partial charge in [0.1, 0.15) is 9.77 Å². The highest BCUT2D eigenvalue weighted by molar-refractivity contribution is 7.89. The number of amides is 1. The second-order valence-corrected chi connectivity index (χ2v) is 6.96. The van der Waals surface area contributed by atoms with Gasteiger partial charge in [-0.3, -0.25) is 4.79 Å². The minimum atomic E-state index is -4.01. The zero-order valence-electron chi connectivity index (χ0n) is 11.3. The Balaban J connectivity index is 3.14. The molecule has 7 nitrogen and oxygen atoms in total. The number of likely N-dealkylation sites (N-methyl/N-ethyl adjacent to an activating group) is 2. The molecule has 0 saturated heterocycles. The standard InChI is InChI=1S/C11H16N2O5S2/c1-4-12-8(14)5-13(3)20(17,18)10-7(2)6-19-9(10)11(15)16/h6H,4-5H2,1-3H3,(H,12,14)(H,15,16). The molecule has 1 aromatic rings. The SMILES string of the molecule is CCNC(=O)CN(C)S(=O)(=O)c1c(C)csc1C(=O)O. The molecule has 1 heterocycles. The molecule has 0 bridgehead atoms. The summed E-state index contributed by atoms with van der Waals surface area (Å²) >= 11 is 0.852. The van der Waals surface area contributed by atoms with Crippen LogP contribution in [0.25, 0.3) is 0 Å². The van der Waals surface area contributed by atoms with E-state index in [1.54, 1.807) is 6.92 Å². The largest absolute Gasteiger partial charge is 0.477 e. The fraction of sp³-hybridized carbons (Fsp3) is 0.455. The smallest absolute Gasteiger partial charge is 0.347 e. The fourth-order valence-corrected chi connectivity index (χ4v) is 4.30. The maximum atomic E-state index is 12.4. The minimum Gasteiger partial charge on any atom is -0.477 e. The number of carboxylic acid groups (broad SMARTS) is 1. The van der Waals surface area contributed by atoms with E-state index in [0.29, 0.717) is 12.1 Å². The monoisotopic (exact) mass is 320 g/mol. The number of rotatable bonds is 6. The number of aryl methyl sites for hydroxylation is 1. The van der Waals surface area contributed by atoms with Crippen LogP contribution in [0.2, 0.25) is 0 Å². The number of carboxylic acids is 1. The van der Waals surface area contributed by atoms with E-state index < -0.39 is 21.9 Å². The molecule has 0 aliphatic rings. The van der Waals surface area contributed by atoms with Crippen molar-refractivity contribution in [3.05, 3.63) is 15.8 Å². The number of hydrogen-bond donors (Lipinski definition) is 2. The first-order valence-corrected chi connectivity index (χ1v) is 8.08. The fourth-order valence-electron chi connectivity index (χ4n) is 1.60. The van der Waals surface area contributed by atoms with Gasteiger partial charge in [0.15, 0.2) is 0 Å². The van der Waals surface area contributed by atoms with Gasteiger partial charge in [0, 0.05) is 13.6 Å². The number of aromatic carboxylic acids is 1. The van der Waals surface area contributed by atoms with Crippen LogP contribution in [-0.2, 0) is 14.8 Å². The molecule has 20 heavy (non-hydrogen) atoms. The van der Waals surface area contributed by atoms with Gasteiger partial charge >= 0.3 is 5.97 Å². The number of carbonyl (C=O) groups is 2. The van der Waals surface area contributed by atoms with Crippen molar-refractivity contribution >= 4 is 33.2 Å². The van der Waals surface area contributed by atoms with Crippen molar-refractivity contribution in [2.24, 2.45) is 0 Å². The molecule has 0 aliphatic carbocycles. The van der Waals surface area contributed by atoms with Crippen molar-refractivity contribution in [1.82, 2.24) is 9.62 Å². The topological polar surface area (TPSA) is 104 Å². The highest BCUT2D eigenvalue weighted by Gasteiger charge is 2.31. The van der Waals surface area contributed by atoms with Gasteiger partial charge in [-0.25, -0.2) is 13.2 Å². The lowest BCUT2D eigenvalue weighted by atomic mass is 10.3. The Hall–Kier alpha value is -1.45. The molecule has 0 spiro atoms. The van der Waals surface area contributed by atoms with Crippen molar-refractivity contribution in [3.8, 4) is 0 Å². The number of hydrogen-bond acceptors (Lipinski definition) is 5. The molecule has 9 heteroatoms. The molecular weight excluding hydrogens is 304 g/mol. The quantitative estimate of drug-likeness (QED) is 0.795. The lowest BCUT2D eigenvalue weighted by molar-refractivity contribution is -0.121. The van der Waals surface area contributed by atoms with Crippen LogP contribution in [0.1, 0.15) is 22.2 Å². The van der Waals surface area contributed by atoms with Gasteiger partial charge in [0.05, 0.1) is 6.54 Å². The minimum absolute atomic E-state index is 0.245. The summed E-state index contributed by atoms with van der Waals surface area (Å²) in [5.41, 5.74) is 0.357. The Morgan fingerprint density at radius 1 is 1.45 bits per heavy atom. The van der Waals surface area contributed by atoms with Gasteiger partial charge in [-0.2, -0.15) is 4.31 Å². The molecule has 1 aromatic heterocycles. The van der Waals surface area contributed by atoms with Crippen molar-refractivity contribution in [1.29, 1.82) is 0 Å². The van der Waals surface area contributed by atoms with E-state index in [2.05, 4.69) is 5.32 Å². The molecule has 0 atom stereocenters. The average molecular weight is 320 g/mol. The first-order chi connectivity index (χ1) is 9.21. The molecule has 112 valence electrons. The van der Waals surface area contributed by atoms with Gasteiger partial charge in [0.25, 0.3) is 0 Å². The molecule has 0 unspecified atom stereocenters. The molecular formula is C11H16N2O5S2. The Kier molecular flexibility index (Phi) is 5.26. The van der Waals surface area contributed by atoms with Crippen molar-refractivity contribution in [2.75, 3.05) is 20.1 Å². The first-order valence-electron chi connectivity index (χ1n) is 5.76. The van der Waals surface area contributed by atoms with Crippen LogP contribution in [0.3, 0.4) is 0 Å². The third-order valence-electron chi connectivity index (χ3n) is 2.52. The summed E-state index contributed by atoms with van der Waals surface area (Å²) in [4.78, 5) is 22.0. The van der Waals surface area contributed by atoms with Gasteiger partial charge in [-0.15, -0.1) is 11.3 Å². The normalized spacial score (nSPS) is 11.6. The maximum absolute atomic E-state index is 12.4. The van der Waals surface area contributed by atoms with E-state index >= 15 is 0 Å². The van der Waals surface area contributed by atoms with E-state index in [4.69, 9.17) is 5.11 Å². The average Bonchev–Trinajstić information content (AvgIpc) is 2.71. The van der Waals surface area contributed by atoms with Gasteiger partial charge in [-0.1, -0.05) is 0 Å². The summed E-state index contributed by atoms with van der Waals surface area (Å²) in [7, 11) is -2.77. The summed E-state index contributed by atoms with van der Waals surface area (Å²) in [5, 5.41) is 13.0. The van der Waals surface area contributed by atoms with Gasteiger partial charge in [0.2, 0.25) is 15.9 Å². The van der Waals surface area contributed by atoms with Crippen LogP contribution in [0.4, 0.5) is 0 Å². The lowest BCUT2D eigenvalue weighted by Gasteiger charge is -2.17. The van der Waals surface area contributed by atoms with Crippen LogP contribution in [0.5, 0.6) is 0 Å². The van der Waals surface area contributed by atoms with E-state index in [1.807, 2.05) is 0 Å². The Morgan fingerprint density at radius 3 is 2.55 bits per heavy atom. The predicted molar refractivity (Wildman–Crippen MR) is 74.5 cm³/mol. The van der Waals surface area contributed by atoms with E-state index in [-0.39, 0.29) is 16.3 Å². The van der Waals surface area contributed by atoms with Crippen LogP contribution >= 0.6 is 11.3 Å². The van der Waals surface area contributed by atoms with Gasteiger partial charge < -0.3 is 10.4 Å². The van der Waals surface area contributed by atoms with Crippen LogP contribution in [-0.4, -0.2) is 49.8 Å². The third-order valence-corrected chi connectivity index (χ3v) is 5.73. The van der Waals surface area contributed by atoms with Crippen molar-refractivity contribution in [3.63, 3.8) is 0 Å². The second kappa shape index (κ2) is 6.33. The van der Waals surface area contributed by atoms with E-state index in [1.165, 1.54) is 19.4 Å². The molecule has 2 N–H and O–H groups in total. The zero-order chi connectivity index (χ0) is 15.5. The summed E-state index contributed by atoms with van der Waals surface area (Å²) in [6.45, 7) is 3.28.